The lowest BCUT2D eigenvalue weighted by Gasteiger charge is -2.22. The van der Waals surface area contributed by atoms with Gasteiger partial charge in [-0.25, -0.2) is 4.98 Å². The minimum absolute atomic E-state index is 0.547. The predicted molar refractivity (Wildman–Crippen MR) is 63.4 cm³/mol. The topological polar surface area (TPSA) is 42.7 Å². The van der Waals surface area contributed by atoms with Crippen LogP contribution in [0.4, 0.5) is 0 Å². The van der Waals surface area contributed by atoms with Crippen LogP contribution >= 0.6 is 0 Å². The fraction of sp³-hybridized carbons (Fsp3) is 0.500. The van der Waals surface area contributed by atoms with Crippen molar-refractivity contribution < 1.29 is 0 Å². The van der Waals surface area contributed by atoms with Crippen molar-refractivity contribution in [3.8, 4) is 0 Å². The Morgan fingerprint density at radius 1 is 1.50 bits per heavy atom. The number of hydrogen-bond donors (Lipinski definition) is 1. The second-order valence-corrected chi connectivity index (χ2v) is 4.44. The quantitative estimate of drug-likeness (QED) is 0.784. The molecule has 1 N–H and O–H groups in total. The van der Waals surface area contributed by atoms with Gasteiger partial charge < -0.3 is 9.88 Å². The van der Waals surface area contributed by atoms with Gasteiger partial charge in [-0.2, -0.15) is 0 Å². The molecule has 0 radical (unpaired) electrons. The summed E-state index contributed by atoms with van der Waals surface area (Å²) in [6, 6.07) is 2.03. The molecule has 1 fully saturated rings. The van der Waals surface area contributed by atoms with Crippen LogP contribution in [0.2, 0.25) is 0 Å². The molecule has 1 atom stereocenters. The number of rotatable bonds is 1. The third-order valence-electron chi connectivity index (χ3n) is 3.38. The van der Waals surface area contributed by atoms with Gasteiger partial charge in [0.15, 0.2) is 0 Å². The normalized spacial score (nSPS) is 21.4. The highest BCUT2D eigenvalue weighted by Crippen LogP contribution is 2.25. The first-order valence-corrected chi connectivity index (χ1v) is 5.83. The second kappa shape index (κ2) is 3.87. The molecule has 0 aromatic carbocycles. The summed E-state index contributed by atoms with van der Waals surface area (Å²) in [7, 11) is 2.10. The molecule has 0 bridgehead atoms. The number of nitrogens with zero attached hydrogens (tertiary/aromatic N) is 3. The maximum atomic E-state index is 4.70. The molecular weight excluding hydrogens is 200 g/mol. The van der Waals surface area contributed by atoms with Crippen molar-refractivity contribution in [2.45, 2.75) is 18.8 Å². The Morgan fingerprint density at radius 3 is 3.19 bits per heavy atom. The lowest BCUT2D eigenvalue weighted by atomic mass is 9.99. The van der Waals surface area contributed by atoms with E-state index in [4.69, 9.17) is 4.98 Å². The van der Waals surface area contributed by atoms with Crippen molar-refractivity contribution >= 4 is 11.0 Å². The third-order valence-corrected chi connectivity index (χ3v) is 3.38. The molecule has 3 rings (SSSR count). The molecular formula is C12H16N4. The summed E-state index contributed by atoms with van der Waals surface area (Å²) in [6.45, 7) is 2.19. The number of nitrogens with one attached hydrogen (secondary N) is 1. The molecule has 84 valence electrons. The van der Waals surface area contributed by atoms with E-state index in [2.05, 4.69) is 21.9 Å². The minimum atomic E-state index is 0.547. The number of pyridine rings is 1. The largest absolute Gasteiger partial charge is 0.331 e. The van der Waals surface area contributed by atoms with Gasteiger partial charge >= 0.3 is 0 Å². The molecule has 0 amide bonds. The summed E-state index contributed by atoms with van der Waals surface area (Å²) in [6.07, 6.45) is 6.14. The predicted octanol–water partition coefficient (Wildman–Crippen LogP) is 1.44. The van der Waals surface area contributed by atoms with Gasteiger partial charge in [0, 0.05) is 25.7 Å². The lowest BCUT2D eigenvalue weighted by molar-refractivity contribution is 0.440. The molecule has 3 heterocycles. The first-order valence-electron chi connectivity index (χ1n) is 5.83. The summed E-state index contributed by atoms with van der Waals surface area (Å²) in [5, 5.41) is 3.44. The number of imidazole rings is 1. The van der Waals surface area contributed by atoms with Crippen LogP contribution in [0.25, 0.3) is 11.0 Å². The Kier molecular flexibility index (Phi) is 2.36. The zero-order chi connectivity index (χ0) is 11.0. The van der Waals surface area contributed by atoms with Gasteiger partial charge in [0.2, 0.25) is 0 Å². The average molecular weight is 216 g/mol. The zero-order valence-electron chi connectivity index (χ0n) is 9.48. The summed E-state index contributed by atoms with van der Waals surface area (Å²) < 4.78 is 2.20. The second-order valence-electron chi connectivity index (χ2n) is 4.44. The summed E-state index contributed by atoms with van der Waals surface area (Å²) in [5.74, 6) is 1.74. The van der Waals surface area contributed by atoms with Crippen LogP contribution in [0.1, 0.15) is 24.6 Å². The van der Waals surface area contributed by atoms with E-state index in [0.717, 1.165) is 18.6 Å². The van der Waals surface area contributed by atoms with Crippen LogP contribution in [0.15, 0.2) is 18.5 Å². The molecule has 2 aromatic heterocycles. The standard InChI is InChI=1S/C12H16N4/c1-16-11-4-6-14-8-10(11)15-12(16)9-3-2-5-13-7-9/h4,6,8-9,13H,2-3,5,7H2,1H3. The molecule has 0 saturated carbocycles. The molecule has 2 aromatic rings. The molecule has 4 heteroatoms. The highest BCUT2D eigenvalue weighted by molar-refractivity contribution is 5.74. The van der Waals surface area contributed by atoms with Crippen molar-refractivity contribution in [2.24, 2.45) is 7.05 Å². The molecule has 0 aliphatic carbocycles. The lowest BCUT2D eigenvalue weighted by Crippen LogP contribution is -2.29. The van der Waals surface area contributed by atoms with Crippen molar-refractivity contribution in [2.75, 3.05) is 13.1 Å². The number of aryl methyl sites for hydroxylation is 1. The van der Waals surface area contributed by atoms with Crippen LogP contribution in [0.3, 0.4) is 0 Å². The molecule has 4 nitrogen and oxygen atoms in total. The maximum Gasteiger partial charge on any atom is 0.114 e. The number of piperidine rings is 1. The number of aromatic nitrogens is 3. The SMILES string of the molecule is Cn1c(C2CCCNC2)nc2cnccc21. The molecule has 1 aliphatic rings. The zero-order valence-corrected chi connectivity index (χ0v) is 9.48. The van der Waals surface area contributed by atoms with E-state index in [0.29, 0.717) is 5.92 Å². The first-order chi connectivity index (χ1) is 7.86. The molecule has 1 aliphatic heterocycles. The van der Waals surface area contributed by atoms with Gasteiger partial charge in [-0.1, -0.05) is 0 Å². The van der Waals surface area contributed by atoms with Gasteiger partial charge in [0.05, 0.1) is 11.7 Å². The van der Waals surface area contributed by atoms with Crippen LogP contribution < -0.4 is 5.32 Å². The number of fused-ring (bicyclic) bond motifs is 1. The highest BCUT2D eigenvalue weighted by Gasteiger charge is 2.20. The van der Waals surface area contributed by atoms with Gasteiger partial charge in [-0.3, -0.25) is 4.98 Å². The van der Waals surface area contributed by atoms with E-state index >= 15 is 0 Å². The minimum Gasteiger partial charge on any atom is -0.331 e. The Morgan fingerprint density at radius 2 is 2.44 bits per heavy atom. The van der Waals surface area contributed by atoms with Crippen LogP contribution in [0, 0.1) is 0 Å². The van der Waals surface area contributed by atoms with Gasteiger partial charge in [0.25, 0.3) is 0 Å². The molecule has 1 saturated heterocycles. The Hall–Kier alpha value is -1.42. The fourth-order valence-corrected chi connectivity index (χ4v) is 2.51. The summed E-state index contributed by atoms with van der Waals surface area (Å²) in [5.41, 5.74) is 2.18. The average Bonchev–Trinajstić information content (AvgIpc) is 2.69. The third kappa shape index (κ3) is 1.50. The smallest absolute Gasteiger partial charge is 0.114 e. The van der Waals surface area contributed by atoms with Crippen LogP contribution in [-0.4, -0.2) is 27.6 Å². The van der Waals surface area contributed by atoms with Crippen LogP contribution in [-0.2, 0) is 7.05 Å². The van der Waals surface area contributed by atoms with Crippen molar-refractivity contribution in [3.63, 3.8) is 0 Å². The fourth-order valence-electron chi connectivity index (χ4n) is 2.51. The van der Waals surface area contributed by atoms with Crippen molar-refractivity contribution in [1.29, 1.82) is 0 Å². The van der Waals surface area contributed by atoms with Crippen LogP contribution in [0.5, 0.6) is 0 Å². The Labute approximate surface area is 94.7 Å². The van der Waals surface area contributed by atoms with Crippen molar-refractivity contribution in [3.05, 3.63) is 24.3 Å². The molecule has 16 heavy (non-hydrogen) atoms. The van der Waals surface area contributed by atoms with Gasteiger partial charge in [-0.05, 0) is 25.5 Å². The summed E-state index contributed by atoms with van der Waals surface area (Å²) in [4.78, 5) is 8.82. The van der Waals surface area contributed by atoms with E-state index in [1.165, 1.54) is 24.2 Å². The molecule has 1 unspecified atom stereocenters. The number of hydrogen-bond acceptors (Lipinski definition) is 3. The van der Waals surface area contributed by atoms with E-state index in [9.17, 15) is 0 Å². The van der Waals surface area contributed by atoms with E-state index in [-0.39, 0.29) is 0 Å². The maximum absolute atomic E-state index is 4.70. The Bertz CT molecular complexity index is 497. The van der Waals surface area contributed by atoms with Gasteiger partial charge in [0.1, 0.15) is 11.3 Å². The monoisotopic (exact) mass is 216 g/mol. The highest BCUT2D eigenvalue weighted by atomic mass is 15.1. The van der Waals surface area contributed by atoms with E-state index in [1.807, 2.05) is 18.5 Å². The van der Waals surface area contributed by atoms with Gasteiger partial charge in [-0.15, -0.1) is 0 Å². The van der Waals surface area contributed by atoms with E-state index < -0.39 is 0 Å². The molecule has 0 spiro atoms. The Balaban J connectivity index is 2.05. The first kappa shape index (κ1) is 9.78. The van der Waals surface area contributed by atoms with E-state index in [1.54, 1.807) is 0 Å². The van der Waals surface area contributed by atoms with Crippen molar-refractivity contribution in [1.82, 2.24) is 19.9 Å². The summed E-state index contributed by atoms with van der Waals surface area (Å²) >= 11 is 0.